The minimum Gasteiger partial charge on any atom is -0.487 e. The van der Waals surface area contributed by atoms with Crippen LogP contribution in [0.5, 0.6) is 11.6 Å². The molecule has 0 unspecified atom stereocenters. The number of methoxy groups -OCH3 is 1. The van der Waals surface area contributed by atoms with E-state index in [1.807, 2.05) is 6.92 Å². The molecule has 1 heterocycles. The summed E-state index contributed by atoms with van der Waals surface area (Å²) < 4.78 is 10.6. The van der Waals surface area contributed by atoms with Crippen LogP contribution in [0, 0.1) is 6.92 Å². The van der Waals surface area contributed by atoms with Gasteiger partial charge in [-0.15, -0.1) is 0 Å². The molecule has 96 valence electrons. The molecule has 0 aliphatic heterocycles. The molecule has 4 nitrogen and oxygen atoms in total. The number of ether oxygens (including phenoxy) is 2. The lowest BCUT2D eigenvalue weighted by Crippen LogP contribution is -2.06. The van der Waals surface area contributed by atoms with E-state index in [-0.39, 0.29) is 11.8 Å². The number of aromatic nitrogens is 1. The van der Waals surface area contributed by atoms with E-state index in [1.54, 1.807) is 19.4 Å². The molecule has 0 saturated heterocycles. The SMILES string of the molecule is C=CN=C(Cl)C(=C)COc1cnc(OC)cc1C. The fourth-order valence-corrected chi connectivity index (χ4v) is 1.30. The number of nitrogens with zero attached hydrogens (tertiary/aromatic N) is 2. The fraction of sp³-hybridized carbons (Fsp3) is 0.231. The minimum atomic E-state index is 0.241. The molecule has 0 radical (unpaired) electrons. The number of hydrogen-bond acceptors (Lipinski definition) is 4. The topological polar surface area (TPSA) is 43.7 Å². The smallest absolute Gasteiger partial charge is 0.213 e. The first-order valence-electron chi connectivity index (χ1n) is 5.24. The van der Waals surface area contributed by atoms with Crippen LogP contribution >= 0.6 is 11.6 Å². The Morgan fingerprint density at radius 1 is 1.61 bits per heavy atom. The Morgan fingerprint density at radius 2 is 2.33 bits per heavy atom. The van der Waals surface area contributed by atoms with Crippen LogP contribution in [0.1, 0.15) is 5.56 Å². The van der Waals surface area contributed by atoms with Crippen molar-refractivity contribution in [3.63, 3.8) is 0 Å². The summed E-state index contributed by atoms with van der Waals surface area (Å²) in [6, 6.07) is 1.79. The zero-order valence-corrected chi connectivity index (χ0v) is 11.2. The molecular formula is C13H15ClN2O2. The van der Waals surface area contributed by atoms with Gasteiger partial charge in [0.15, 0.2) is 0 Å². The van der Waals surface area contributed by atoms with Gasteiger partial charge in [0.25, 0.3) is 0 Å². The van der Waals surface area contributed by atoms with E-state index >= 15 is 0 Å². The predicted octanol–water partition coefficient (Wildman–Crippen LogP) is 3.11. The van der Waals surface area contributed by atoms with E-state index in [2.05, 4.69) is 23.1 Å². The summed E-state index contributed by atoms with van der Waals surface area (Å²) in [5.74, 6) is 1.20. The molecule has 0 saturated carbocycles. The highest BCUT2D eigenvalue weighted by Gasteiger charge is 2.06. The van der Waals surface area contributed by atoms with Gasteiger partial charge in [-0.05, 0) is 12.5 Å². The molecule has 0 amide bonds. The molecule has 0 bridgehead atoms. The summed E-state index contributed by atoms with van der Waals surface area (Å²) in [4.78, 5) is 7.88. The monoisotopic (exact) mass is 266 g/mol. The zero-order chi connectivity index (χ0) is 13.5. The summed E-state index contributed by atoms with van der Waals surface area (Å²) in [5.41, 5.74) is 1.50. The van der Waals surface area contributed by atoms with Crippen LogP contribution < -0.4 is 9.47 Å². The summed E-state index contributed by atoms with van der Waals surface area (Å²) >= 11 is 5.85. The maximum absolute atomic E-state index is 5.85. The fourth-order valence-electron chi connectivity index (χ4n) is 1.18. The average Bonchev–Trinajstić information content (AvgIpc) is 2.37. The van der Waals surface area contributed by atoms with E-state index in [0.29, 0.717) is 17.2 Å². The van der Waals surface area contributed by atoms with E-state index in [4.69, 9.17) is 21.1 Å². The maximum Gasteiger partial charge on any atom is 0.213 e. The second-order valence-corrected chi connectivity index (χ2v) is 3.84. The zero-order valence-electron chi connectivity index (χ0n) is 10.4. The van der Waals surface area contributed by atoms with Crippen LogP contribution in [0.25, 0.3) is 0 Å². The Kier molecular flexibility index (Phi) is 5.39. The highest BCUT2D eigenvalue weighted by atomic mass is 35.5. The molecule has 5 heteroatoms. The van der Waals surface area contributed by atoms with Gasteiger partial charge in [0.1, 0.15) is 17.5 Å². The van der Waals surface area contributed by atoms with Crippen molar-refractivity contribution in [3.05, 3.63) is 42.8 Å². The van der Waals surface area contributed by atoms with Crippen LogP contribution in [0.2, 0.25) is 0 Å². The first-order valence-corrected chi connectivity index (χ1v) is 5.62. The first-order chi connectivity index (χ1) is 8.58. The van der Waals surface area contributed by atoms with Crippen molar-refractivity contribution >= 4 is 16.8 Å². The van der Waals surface area contributed by atoms with Gasteiger partial charge in [-0.25, -0.2) is 9.98 Å². The van der Waals surface area contributed by atoms with Crippen molar-refractivity contribution in [1.29, 1.82) is 0 Å². The van der Waals surface area contributed by atoms with Gasteiger partial charge in [-0.1, -0.05) is 24.8 Å². The lowest BCUT2D eigenvalue weighted by molar-refractivity contribution is 0.349. The van der Waals surface area contributed by atoms with E-state index in [0.717, 1.165) is 5.56 Å². The second-order valence-electron chi connectivity index (χ2n) is 3.49. The molecule has 1 aromatic heterocycles. The molecule has 0 N–H and O–H groups in total. The lowest BCUT2D eigenvalue weighted by Gasteiger charge is -2.10. The van der Waals surface area contributed by atoms with Crippen molar-refractivity contribution < 1.29 is 9.47 Å². The third kappa shape index (κ3) is 3.89. The Labute approximate surface area is 112 Å². The molecular weight excluding hydrogens is 252 g/mol. The third-order valence-corrected chi connectivity index (χ3v) is 2.51. The summed E-state index contributed by atoms with van der Waals surface area (Å²) in [5, 5.41) is 0.282. The van der Waals surface area contributed by atoms with E-state index in [9.17, 15) is 0 Å². The Balaban J connectivity index is 2.67. The standard InChI is InChI=1S/C13H15ClN2O2/c1-5-15-13(14)10(3)8-18-11-7-16-12(17-4)6-9(11)2/h5-7H,1,3,8H2,2,4H3. The molecule has 0 aliphatic rings. The molecule has 0 fully saturated rings. The number of hydrogen-bond donors (Lipinski definition) is 0. The Morgan fingerprint density at radius 3 is 2.89 bits per heavy atom. The Bertz CT molecular complexity index is 484. The second kappa shape index (κ2) is 6.81. The van der Waals surface area contributed by atoms with Gasteiger partial charge in [0.05, 0.1) is 13.3 Å². The minimum absolute atomic E-state index is 0.241. The molecule has 0 atom stereocenters. The average molecular weight is 267 g/mol. The molecule has 18 heavy (non-hydrogen) atoms. The van der Waals surface area contributed by atoms with Crippen molar-refractivity contribution in [3.8, 4) is 11.6 Å². The van der Waals surface area contributed by atoms with Gasteiger partial charge >= 0.3 is 0 Å². The quantitative estimate of drug-likeness (QED) is 0.743. The molecule has 1 rings (SSSR count). The van der Waals surface area contributed by atoms with Crippen molar-refractivity contribution in [2.75, 3.05) is 13.7 Å². The number of pyridine rings is 1. The van der Waals surface area contributed by atoms with Crippen molar-refractivity contribution in [2.24, 2.45) is 4.99 Å². The van der Waals surface area contributed by atoms with Crippen LogP contribution in [-0.4, -0.2) is 23.9 Å². The number of aryl methyl sites for hydroxylation is 1. The molecule has 0 aromatic carbocycles. The predicted molar refractivity (Wildman–Crippen MR) is 73.6 cm³/mol. The molecule has 0 spiro atoms. The highest BCUT2D eigenvalue weighted by Crippen LogP contribution is 2.20. The number of aliphatic imine (C=N–C) groups is 1. The number of rotatable bonds is 6. The Hall–Kier alpha value is -1.81. The first kappa shape index (κ1) is 14.3. The van der Waals surface area contributed by atoms with Gasteiger partial charge in [0.2, 0.25) is 5.88 Å². The van der Waals surface area contributed by atoms with Gasteiger partial charge < -0.3 is 9.47 Å². The summed E-state index contributed by atoms with van der Waals surface area (Å²) in [7, 11) is 1.57. The number of halogens is 1. The van der Waals surface area contributed by atoms with Crippen molar-refractivity contribution in [1.82, 2.24) is 4.98 Å². The third-order valence-electron chi connectivity index (χ3n) is 2.15. The van der Waals surface area contributed by atoms with Crippen LogP contribution in [0.15, 0.2) is 42.2 Å². The molecule has 0 aliphatic carbocycles. The van der Waals surface area contributed by atoms with Crippen LogP contribution in [0.4, 0.5) is 0 Å². The normalized spacial score (nSPS) is 10.9. The van der Waals surface area contributed by atoms with Crippen molar-refractivity contribution in [2.45, 2.75) is 6.92 Å². The van der Waals surface area contributed by atoms with Gasteiger partial charge in [0, 0.05) is 17.8 Å². The largest absolute Gasteiger partial charge is 0.487 e. The van der Waals surface area contributed by atoms with Crippen LogP contribution in [-0.2, 0) is 0 Å². The van der Waals surface area contributed by atoms with Gasteiger partial charge in [-0.2, -0.15) is 0 Å². The van der Waals surface area contributed by atoms with E-state index < -0.39 is 0 Å². The maximum atomic E-state index is 5.85. The summed E-state index contributed by atoms with van der Waals surface area (Å²) in [6.07, 6.45) is 2.95. The van der Waals surface area contributed by atoms with E-state index in [1.165, 1.54) is 6.20 Å². The summed E-state index contributed by atoms with van der Waals surface area (Å²) in [6.45, 7) is 9.37. The van der Waals surface area contributed by atoms with Gasteiger partial charge in [-0.3, -0.25) is 0 Å². The lowest BCUT2D eigenvalue weighted by atomic mass is 10.3. The highest BCUT2D eigenvalue weighted by molar-refractivity contribution is 6.69. The molecule has 1 aromatic rings. The van der Waals surface area contributed by atoms with Crippen LogP contribution in [0.3, 0.4) is 0 Å².